The lowest BCUT2D eigenvalue weighted by atomic mass is 9.69. The van der Waals surface area contributed by atoms with Crippen molar-refractivity contribution in [2.75, 3.05) is 82.7 Å². The molecule has 3 rings (SSSR count). The molecule has 0 atom stereocenters. The number of rotatable bonds is 10. The van der Waals surface area contributed by atoms with Crippen LogP contribution in [0.1, 0.15) is 110 Å². The molecule has 7 heteroatoms. The van der Waals surface area contributed by atoms with Crippen molar-refractivity contribution in [3.63, 3.8) is 0 Å². The molecule has 1 saturated heterocycles. The predicted molar refractivity (Wildman–Crippen MR) is 171 cm³/mol. The van der Waals surface area contributed by atoms with E-state index in [0.717, 1.165) is 38.9 Å². The van der Waals surface area contributed by atoms with E-state index in [0.29, 0.717) is 18.3 Å². The van der Waals surface area contributed by atoms with Gasteiger partial charge in [0.05, 0.1) is 0 Å². The molecule has 40 heavy (non-hydrogen) atoms. The molecule has 0 aromatic rings. The Labute approximate surface area is 249 Å². The van der Waals surface area contributed by atoms with Crippen molar-refractivity contribution in [1.29, 1.82) is 0 Å². The third kappa shape index (κ3) is 16.3. The lowest BCUT2D eigenvalue weighted by Gasteiger charge is -2.39. The molecule has 2 aliphatic carbocycles. The Morgan fingerprint density at radius 2 is 0.900 bits per heavy atom. The van der Waals surface area contributed by atoms with Crippen LogP contribution in [0.15, 0.2) is 0 Å². The van der Waals surface area contributed by atoms with Crippen molar-refractivity contribution in [2.45, 2.75) is 110 Å². The van der Waals surface area contributed by atoms with E-state index >= 15 is 0 Å². The second kappa shape index (κ2) is 20.7. The predicted octanol–water partition coefficient (Wildman–Crippen LogP) is 6.17. The molecule has 0 bridgehead atoms. The SMILES string of the molecule is C.C1CCOC1.CN(C)C(=O)CC1(CC(=O)N(C)C)CCCCC1.CN(C)CCC1(CCN(C)C)CCCCC1. The molecule has 0 spiro atoms. The van der Waals surface area contributed by atoms with E-state index in [4.69, 9.17) is 4.74 Å². The van der Waals surface area contributed by atoms with Crippen LogP contribution in [0.2, 0.25) is 0 Å². The van der Waals surface area contributed by atoms with Crippen LogP contribution >= 0.6 is 0 Å². The van der Waals surface area contributed by atoms with Crippen LogP contribution in [-0.2, 0) is 14.3 Å². The smallest absolute Gasteiger partial charge is 0.222 e. The summed E-state index contributed by atoms with van der Waals surface area (Å²) in [6.07, 6.45) is 19.2. The highest BCUT2D eigenvalue weighted by atomic mass is 16.5. The van der Waals surface area contributed by atoms with Crippen LogP contribution in [0, 0.1) is 10.8 Å². The van der Waals surface area contributed by atoms with Crippen LogP contribution < -0.4 is 0 Å². The quantitative estimate of drug-likeness (QED) is 0.316. The highest BCUT2D eigenvalue weighted by Crippen LogP contribution is 2.43. The normalized spacial score (nSPS) is 19.4. The molecule has 3 aliphatic rings. The van der Waals surface area contributed by atoms with Crippen molar-refractivity contribution in [1.82, 2.24) is 19.6 Å². The van der Waals surface area contributed by atoms with Gasteiger partial charge in [-0.2, -0.15) is 0 Å². The van der Waals surface area contributed by atoms with Gasteiger partial charge in [-0.15, -0.1) is 0 Å². The number of hydrogen-bond donors (Lipinski definition) is 0. The van der Waals surface area contributed by atoms with Crippen LogP contribution in [0.5, 0.6) is 0 Å². The molecule has 2 amide bonds. The zero-order valence-electron chi connectivity index (χ0n) is 27.2. The lowest BCUT2D eigenvalue weighted by Crippen LogP contribution is -2.37. The molecular weight excluding hydrogens is 500 g/mol. The van der Waals surface area contributed by atoms with Gasteiger partial charge in [0.1, 0.15) is 0 Å². The Balaban J connectivity index is 0.000000635. The largest absolute Gasteiger partial charge is 0.381 e. The molecule has 0 aromatic heterocycles. The maximum atomic E-state index is 12.0. The van der Waals surface area contributed by atoms with E-state index in [-0.39, 0.29) is 24.7 Å². The molecule has 3 fully saturated rings. The number of carbonyl (C=O) groups is 2. The molecule has 0 N–H and O–H groups in total. The highest BCUT2D eigenvalue weighted by Gasteiger charge is 2.37. The lowest BCUT2D eigenvalue weighted by molar-refractivity contribution is -0.136. The molecule has 0 unspecified atom stereocenters. The van der Waals surface area contributed by atoms with Gasteiger partial charge in [-0.05, 0) is 103 Å². The summed E-state index contributed by atoms with van der Waals surface area (Å²) >= 11 is 0. The third-order valence-electron chi connectivity index (χ3n) is 8.88. The Kier molecular flexibility index (Phi) is 20.0. The van der Waals surface area contributed by atoms with Gasteiger partial charge in [-0.25, -0.2) is 0 Å². The van der Waals surface area contributed by atoms with Crippen LogP contribution in [0.4, 0.5) is 0 Å². The van der Waals surface area contributed by atoms with Crippen LogP contribution in [0.25, 0.3) is 0 Å². The van der Waals surface area contributed by atoms with Crippen LogP contribution in [-0.4, -0.2) is 114 Å². The van der Waals surface area contributed by atoms with Crippen molar-refractivity contribution >= 4 is 11.8 Å². The second-order valence-corrected chi connectivity index (χ2v) is 13.5. The number of ether oxygens (including phenoxy) is 1. The van der Waals surface area contributed by atoms with Crippen molar-refractivity contribution in [3.8, 4) is 0 Å². The molecule has 2 saturated carbocycles. The minimum atomic E-state index is -0.0963. The number of nitrogens with zero attached hydrogens (tertiary/aromatic N) is 4. The zero-order chi connectivity index (χ0) is 29.3. The fourth-order valence-electron chi connectivity index (χ4n) is 6.03. The summed E-state index contributed by atoms with van der Waals surface area (Å²) in [7, 11) is 15.9. The summed E-state index contributed by atoms with van der Waals surface area (Å²) in [5.74, 6) is 0.284. The Bertz CT molecular complexity index is 617. The van der Waals surface area contributed by atoms with Gasteiger partial charge in [0, 0.05) is 54.2 Å². The highest BCUT2D eigenvalue weighted by molar-refractivity contribution is 5.80. The summed E-state index contributed by atoms with van der Waals surface area (Å²) in [4.78, 5) is 31.9. The standard InChI is InChI=1S/C14H26N2O2.C14H30N2.C4H8O.CH4/c1-15(2)12(17)10-14(8-6-5-7-9-14)11-13(18)16(3)4;1-15(2)12-10-14(11-13-16(3)4)8-6-5-7-9-14;1-2-4-5-3-1;/h5-11H2,1-4H3;5-13H2,1-4H3;1-4H2;1H4. The first kappa shape index (κ1) is 38.8. The molecule has 238 valence electrons. The van der Waals surface area contributed by atoms with E-state index in [2.05, 4.69) is 38.0 Å². The first-order chi connectivity index (χ1) is 18.4. The Morgan fingerprint density at radius 3 is 1.18 bits per heavy atom. The van der Waals surface area contributed by atoms with Crippen molar-refractivity contribution in [3.05, 3.63) is 0 Å². The first-order valence-corrected chi connectivity index (χ1v) is 15.7. The Morgan fingerprint density at radius 1 is 0.550 bits per heavy atom. The van der Waals surface area contributed by atoms with Crippen molar-refractivity contribution in [2.24, 2.45) is 10.8 Å². The van der Waals surface area contributed by atoms with Gasteiger partial charge >= 0.3 is 0 Å². The molecule has 7 nitrogen and oxygen atoms in total. The van der Waals surface area contributed by atoms with Crippen molar-refractivity contribution < 1.29 is 14.3 Å². The molecule has 0 aromatic carbocycles. The number of carbonyl (C=O) groups excluding carboxylic acids is 2. The van der Waals surface area contributed by atoms with Gasteiger partial charge in [0.25, 0.3) is 0 Å². The second-order valence-electron chi connectivity index (χ2n) is 13.5. The maximum absolute atomic E-state index is 12.0. The molecule has 1 heterocycles. The van der Waals surface area contributed by atoms with Gasteiger partial charge in [0.2, 0.25) is 11.8 Å². The average Bonchev–Trinajstić information content (AvgIpc) is 3.48. The van der Waals surface area contributed by atoms with E-state index in [1.54, 1.807) is 38.0 Å². The van der Waals surface area contributed by atoms with Gasteiger partial charge in [-0.1, -0.05) is 46.0 Å². The summed E-state index contributed by atoms with van der Waals surface area (Å²) in [5, 5.41) is 0. The molecule has 1 aliphatic heterocycles. The maximum Gasteiger partial charge on any atom is 0.222 e. The van der Waals surface area contributed by atoms with Crippen LogP contribution in [0.3, 0.4) is 0 Å². The number of hydrogen-bond acceptors (Lipinski definition) is 5. The summed E-state index contributed by atoms with van der Waals surface area (Å²) in [6, 6.07) is 0. The van der Waals surface area contributed by atoms with E-state index in [1.165, 1.54) is 77.3 Å². The van der Waals surface area contributed by atoms with E-state index in [9.17, 15) is 9.59 Å². The van der Waals surface area contributed by atoms with Gasteiger partial charge < -0.3 is 24.3 Å². The van der Waals surface area contributed by atoms with Gasteiger partial charge in [-0.3, -0.25) is 9.59 Å². The summed E-state index contributed by atoms with van der Waals surface area (Å²) in [6.45, 7) is 4.51. The monoisotopic (exact) mass is 569 g/mol. The fourth-order valence-corrected chi connectivity index (χ4v) is 6.03. The topological polar surface area (TPSA) is 56.3 Å². The summed E-state index contributed by atoms with van der Waals surface area (Å²) < 4.78 is 4.94. The number of amides is 2. The molecular formula is C33H68N4O3. The van der Waals surface area contributed by atoms with Gasteiger partial charge in [0.15, 0.2) is 0 Å². The first-order valence-electron chi connectivity index (χ1n) is 15.7. The fraction of sp³-hybridized carbons (Fsp3) is 0.939. The van der Waals surface area contributed by atoms with E-state index < -0.39 is 0 Å². The Hall–Kier alpha value is -1.18. The average molecular weight is 569 g/mol. The van der Waals surface area contributed by atoms with E-state index in [1.807, 2.05) is 0 Å². The minimum absolute atomic E-state index is 0. The minimum Gasteiger partial charge on any atom is -0.381 e. The zero-order valence-corrected chi connectivity index (χ0v) is 27.2. The summed E-state index contributed by atoms with van der Waals surface area (Å²) in [5.41, 5.74) is 0.563. The third-order valence-corrected chi connectivity index (χ3v) is 8.88. The molecule has 0 radical (unpaired) electrons.